The first kappa shape index (κ1) is 25.1. The van der Waals surface area contributed by atoms with Gasteiger partial charge in [0.25, 0.3) is 0 Å². The molecule has 2 aromatic rings. The third kappa shape index (κ3) is 6.50. The second-order valence-corrected chi connectivity index (χ2v) is 10.8. The van der Waals surface area contributed by atoms with Crippen LogP contribution in [0.2, 0.25) is 0 Å². The lowest BCUT2D eigenvalue weighted by molar-refractivity contribution is -0.136. The third-order valence-corrected chi connectivity index (χ3v) is 7.01. The van der Waals surface area contributed by atoms with E-state index >= 15 is 0 Å². The van der Waals surface area contributed by atoms with Gasteiger partial charge in [0.2, 0.25) is 5.91 Å². The SMILES string of the molecule is CC[C@@H](C)N(CC(=O)N1CCc2sccc2[C@H]1COc1ccc(C)cc1)C(=O)NC(C)(C)C. The quantitative estimate of drug-likeness (QED) is 0.606. The van der Waals surface area contributed by atoms with Crippen LogP contribution in [0.3, 0.4) is 0 Å². The molecule has 1 aromatic carbocycles. The molecule has 7 heteroatoms. The molecule has 0 radical (unpaired) electrons. The van der Waals surface area contributed by atoms with Crippen LogP contribution >= 0.6 is 11.3 Å². The molecule has 0 fully saturated rings. The van der Waals surface area contributed by atoms with E-state index < -0.39 is 0 Å². The topological polar surface area (TPSA) is 61.9 Å². The summed E-state index contributed by atoms with van der Waals surface area (Å²) in [6.45, 7) is 13.0. The van der Waals surface area contributed by atoms with E-state index in [0.717, 1.165) is 24.2 Å². The first-order chi connectivity index (χ1) is 15.6. The van der Waals surface area contributed by atoms with Gasteiger partial charge in [0.1, 0.15) is 18.9 Å². The number of ether oxygens (including phenoxy) is 1. The first-order valence-electron chi connectivity index (χ1n) is 11.7. The molecule has 3 amide bonds. The molecule has 1 aliphatic heterocycles. The predicted molar refractivity (Wildman–Crippen MR) is 134 cm³/mol. The number of aryl methyl sites for hydroxylation is 1. The summed E-state index contributed by atoms with van der Waals surface area (Å²) in [5, 5.41) is 5.09. The van der Waals surface area contributed by atoms with Gasteiger partial charge in [0.15, 0.2) is 0 Å². The predicted octanol–water partition coefficient (Wildman–Crippen LogP) is 5.17. The van der Waals surface area contributed by atoms with E-state index in [2.05, 4.69) is 16.8 Å². The van der Waals surface area contributed by atoms with Gasteiger partial charge in [-0.2, -0.15) is 0 Å². The van der Waals surface area contributed by atoms with Gasteiger partial charge in [-0.15, -0.1) is 11.3 Å². The van der Waals surface area contributed by atoms with Crippen molar-refractivity contribution >= 4 is 23.3 Å². The van der Waals surface area contributed by atoms with Crippen molar-refractivity contribution in [2.24, 2.45) is 0 Å². The summed E-state index contributed by atoms with van der Waals surface area (Å²) in [7, 11) is 0. The monoisotopic (exact) mass is 471 g/mol. The van der Waals surface area contributed by atoms with Crippen LogP contribution in [-0.2, 0) is 11.2 Å². The third-order valence-electron chi connectivity index (χ3n) is 6.02. The molecule has 0 aliphatic carbocycles. The fourth-order valence-corrected chi connectivity index (χ4v) is 4.89. The molecule has 33 heavy (non-hydrogen) atoms. The van der Waals surface area contributed by atoms with E-state index in [9.17, 15) is 9.59 Å². The van der Waals surface area contributed by atoms with Crippen molar-refractivity contribution < 1.29 is 14.3 Å². The Morgan fingerprint density at radius 3 is 2.58 bits per heavy atom. The normalized spacial score (nSPS) is 16.7. The number of fused-ring (bicyclic) bond motifs is 1. The van der Waals surface area contributed by atoms with Gasteiger partial charge >= 0.3 is 6.03 Å². The van der Waals surface area contributed by atoms with Gasteiger partial charge in [0, 0.05) is 23.0 Å². The van der Waals surface area contributed by atoms with Crippen molar-refractivity contribution in [3.05, 3.63) is 51.7 Å². The highest BCUT2D eigenvalue weighted by atomic mass is 32.1. The lowest BCUT2D eigenvalue weighted by Gasteiger charge is -2.38. The van der Waals surface area contributed by atoms with E-state index in [1.165, 1.54) is 10.4 Å². The first-order valence-corrected chi connectivity index (χ1v) is 12.6. The maximum Gasteiger partial charge on any atom is 0.318 e. The zero-order chi connectivity index (χ0) is 24.2. The highest BCUT2D eigenvalue weighted by Gasteiger charge is 2.34. The van der Waals surface area contributed by atoms with Gasteiger partial charge in [-0.1, -0.05) is 24.6 Å². The summed E-state index contributed by atoms with van der Waals surface area (Å²) in [5.74, 6) is 0.745. The molecule has 180 valence electrons. The Hall–Kier alpha value is -2.54. The minimum Gasteiger partial charge on any atom is -0.491 e. The molecular weight excluding hydrogens is 434 g/mol. The van der Waals surface area contributed by atoms with E-state index in [0.29, 0.717) is 13.2 Å². The maximum absolute atomic E-state index is 13.5. The van der Waals surface area contributed by atoms with E-state index in [1.54, 1.807) is 16.2 Å². The molecule has 0 bridgehead atoms. The fourth-order valence-electron chi connectivity index (χ4n) is 3.96. The number of nitrogens with zero attached hydrogens (tertiary/aromatic N) is 2. The molecule has 1 aromatic heterocycles. The summed E-state index contributed by atoms with van der Waals surface area (Å²) < 4.78 is 6.11. The Kier molecular flexibility index (Phi) is 8.05. The van der Waals surface area contributed by atoms with Crippen LogP contribution in [-0.4, -0.2) is 53.0 Å². The number of carbonyl (C=O) groups is 2. The Morgan fingerprint density at radius 1 is 1.24 bits per heavy atom. The fraction of sp³-hybridized carbons (Fsp3) is 0.538. The smallest absolute Gasteiger partial charge is 0.318 e. The Bertz CT molecular complexity index is 948. The highest BCUT2D eigenvalue weighted by molar-refractivity contribution is 7.10. The van der Waals surface area contributed by atoms with Gasteiger partial charge in [0.05, 0.1) is 6.04 Å². The number of rotatable bonds is 7. The average molecular weight is 472 g/mol. The zero-order valence-electron chi connectivity index (χ0n) is 20.7. The Labute approximate surface area is 201 Å². The number of hydrogen-bond acceptors (Lipinski definition) is 4. The molecule has 3 rings (SSSR count). The van der Waals surface area contributed by atoms with Crippen molar-refractivity contribution in [1.29, 1.82) is 0 Å². The number of carbonyl (C=O) groups excluding carboxylic acids is 2. The van der Waals surface area contributed by atoms with E-state index in [1.807, 2.05) is 70.7 Å². The number of hydrogen-bond donors (Lipinski definition) is 1. The van der Waals surface area contributed by atoms with Crippen LogP contribution < -0.4 is 10.1 Å². The molecule has 1 N–H and O–H groups in total. The van der Waals surface area contributed by atoms with Crippen molar-refractivity contribution in [2.45, 2.75) is 72.0 Å². The summed E-state index contributed by atoms with van der Waals surface area (Å²) in [6, 6.07) is 9.64. The van der Waals surface area contributed by atoms with E-state index in [-0.39, 0.29) is 36.1 Å². The van der Waals surface area contributed by atoms with Crippen LogP contribution in [0.5, 0.6) is 5.75 Å². The second kappa shape index (κ2) is 10.6. The summed E-state index contributed by atoms with van der Waals surface area (Å²) in [5.41, 5.74) is 1.96. The van der Waals surface area contributed by atoms with Crippen molar-refractivity contribution in [1.82, 2.24) is 15.1 Å². The Balaban J connectivity index is 1.78. The number of thiophene rings is 1. The lowest BCUT2D eigenvalue weighted by atomic mass is 10.00. The molecular formula is C26H37N3O3S. The van der Waals surface area contributed by atoms with Crippen molar-refractivity contribution in [3.8, 4) is 5.75 Å². The second-order valence-electron chi connectivity index (χ2n) is 9.84. The molecule has 1 aliphatic rings. The van der Waals surface area contributed by atoms with Gasteiger partial charge in [-0.25, -0.2) is 4.79 Å². The number of amides is 3. The summed E-state index contributed by atoms with van der Waals surface area (Å²) >= 11 is 1.73. The van der Waals surface area contributed by atoms with Crippen LogP contribution in [0.1, 0.15) is 63.1 Å². The number of benzene rings is 1. The standard InChI is InChI=1S/C26H37N3O3S/c1-7-19(3)29(25(31)27-26(4,5)6)16-24(30)28-14-12-23-21(13-15-33-23)22(28)17-32-20-10-8-18(2)9-11-20/h8-11,13,15,19,22H,7,12,14,16-17H2,1-6H3,(H,27,31)/t19-,22-/m1/s1. The largest absolute Gasteiger partial charge is 0.491 e. The maximum atomic E-state index is 13.5. The number of urea groups is 1. The van der Waals surface area contributed by atoms with Crippen LogP contribution in [0.25, 0.3) is 0 Å². The molecule has 2 atom stereocenters. The van der Waals surface area contributed by atoms with Crippen molar-refractivity contribution in [3.63, 3.8) is 0 Å². The Morgan fingerprint density at radius 2 is 1.94 bits per heavy atom. The van der Waals surface area contributed by atoms with Gasteiger partial charge < -0.3 is 19.9 Å². The molecule has 0 saturated heterocycles. The molecule has 0 saturated carbocycles. The number of nitrogens with one attached hydrogen (secondary N) is 1. The molecule has 0 unspecified atom stereocenters. The highest BCUT2D eigenvalue weighted by Crippen LogP contribution is 2.34. The lowest BCUT2D eigenvalue weighted by Crippen LogP contribution is -2.55. The summed E-state index contributed by atoms with van der Waals surface area (Å²) in [4.78, 5) is 31.4. The van der Waals surface area contributed by atoms with Crippen molar-refractivity contribution in [2.75, 3.05) is 19.7 Å². The van der Waals surface area contributed by atoms with Crippen LogP contribution in [0.15, 0.2) is 35.7 Å². The zero-order valence-corrected chi connectivity index (χ0v) is 21.5. The van der Waals surface area contributed by atoms with Crippen LogP contribution in [0, 0.1) is 6.92 Å². The summed E-state index contributed by atoms with van der Waals surface area (Å²) in [6.07, 6.45) is 1.61. The minimum atomic E-state index is -0.368. The van der Waals surface area contributed by atoms with Gasteiger partial charge in [-0.3, -0.25) is 4.79 Å². The molecule has 0 spiro atoms. The average Bonchev–Trinajstić information content (AvgIpc) is 3.24. The van der Waals surface area contributed by atoms with Gasteiger partial charge in [-0.05, 0) is 76.6 Å². The molecule has 6 nitrogen and oxygen atoms in total. The van der Waals surface area contributed by atoms with Crippen LogP contribution in [0.4, 0.5) is 4.79 Å². The van der Waals surface area contributed by atoms with E-state index in [4.69, 9.17) is 4.74 Å². The minimum absolute atomic E-state index is 0.0416. The molecule has 2 heterocycles.